The SMILES string of the molecule is Cc1cc2c(C(C)C)c(C(C)C)c1N=C=N2. The van der Waals surface area contributed by atoms with Gasteiger partial charge in [0.1, 0.15) is 6.01 Å². The number of aliphatic imine (C=N–C) groups is 2. The zero-order chi connectivity index (χ0) is 11.9. The van der Waals surface area contributed by atoms with Crippen LogP contribution in [0.2, 0.25) is 0 Å². The molecular formula is C14H18N2. The molecule has 0 aromatic heterocycles. The summed E-state index contributed by atoms with van der Waals surface area (Å²) >= 11 is 0. The minimum Gasteiger partial charge on any atom is -0.187 e. The molecule has 2 nitrogen and oxygen atoms in total. The van der Waals surface area contributed by atoms with E-state index in [0.29, 0.717) is 11.8 Å². The highest BCUT2D eigenvalue weighted by molar-refractivity contribution is 5.75. The van der Waals surface area contributed by atoms with Crippen LogP contribution in [-0.4, -0.2) is 6.01 Å². The molecule has 2 heterocycles. The summed E-state index contributed by atoms with van der Waals surface area (Å²) in [6.45, 7) is 11.0. The van der Waals surface area contributed by atoms with Gasteiger partial charge in [0.15, 0.2) is 0 Å². The first-order valence-electron chi connectivity index (χ1n) is 5.86. The average molecular weight is 214 g/mol. The summed E-state index contributed by atoms with van der Waals surface area (Å²) in [6, 6.07) is 4.92. The molecule has 16 heavy (non-hydrogen) atoms. The number of aryl methyl sites for hydroxylation is 1. The van der Waals surface area contributed by atoms with Crippen LogP contribution >= 0.6 is 0 Å². The van der Waals surface area contributed by atoms with Gasteiger partial charge in [-0.25, -0.2) is 0 Å². The van der Waals surface area contributed by atoms with E-state index in [1.165, 1.54) is 16.7 Å². The summed E-state index contributed by atoms with van der Waals surface area (Å²) in [4.78, 5) is 8.67. The van der Waals surface area contributed by atoms with E-state index in [2.05, 4.69) is 56.7 Å². The molecule has 0 saturated carbocycles. The number of hydrogen-bond acceptors (Lipinski definition) is 2. The summed E-state index contributed by atoms with van der Waals surface area (Å²) in [5, 5.41) is 0. The van der Waals surface area contributed by atoms with Crippen LogP contribution < -0.4 is 0 Å². The Hall–Kier alpha value is -1.40. The Balaban J connectivity index is 2.83. The maximum Gasteiger partial charge on any atom is 0.101 e. The molecule has 1 aromatic carbocycles. The highest BCUT2D eigenvalue weighted by Gasteiger charge is 2.21. The quantitative estimate of drug-likeness (QED) is 0.692. The fourth-order valence-corrected chi connectivity index (χ4v) is 2.39. The van der Waals surface area contributed by atoms with Gasteiger partial charge < -0.3 is 0 Å². The first kappa shape index (κ1) is 11.1. The van der Waals surface area contributed by atoms with E-state index in [9.17, 15) is 0 Å². The topological polar surface area (TPSA) is 24.7 Å². The maximum atomic E-state index is 4.35. The Kier molecular flexibility index (Phi) is 2.69. The molecule has 0 spiro atoms. The van der Waals surface area contributed by atoms with Crippen LogP contribution in [0.4, 0.5) is 11.4 Å². The van der Waals surface area contributed by atoms with E-state index < -0.39 is 0 Å². The van der Waals surface area contributed by atoms with Crippen molar-refractivity contribution in [1.82, 2.24) is 0 Å². The van der Waals surface area contributed by atoms with E-state index >= 15 is 0 Å². The van der Waals surface area contributed by atoms with Crippen molar-refractivity contribution in [2.75, 3.05) is 0 Å². The number of hydrogen-bond donors (Lipinski definition) is 0. The molecule has 1 aromatic rings. The van der Waals surface area contributed by atoms with Crippen LogP contribution in [0.1, 0.15) is 56.2 Å². The van der Waals surface area contributed by atoms with Crippen molar-refractivity contribution in [2.24, 2.45) is 9.98 Å². The van der Waals surface area contributed by atoms with Gasteiger partial charge in [0.25, 0.3) is 0 Å². The lowest BCUT2D eigenvalue weighted by Gasteiger charge is -2.20. The Bertz CT molecular complexity index is 490. The van der Waals surface area contributed by atoms with Crippen LogP contribution in [0.3, 0.4) is 0 Å². The van der Waals surface area contributed by atoms with Crippen LogP contribution in [0.25, 0.3) is 0 Å². The molecule has 0 amide bonds. The number of nitrogens with zero attached hydrogens (tertiary/aromatic N) is 2. The maximum absolute atomic E-state index is 4.35. The van der Waals surface area contributed by atoms with Gasteiger partial charge in [-0.05, 0) is 41.5 Å². The van der Waals surface area contributed by atoms with Crippen molar-refractivity contribution < 1.29 is 0 Å². The van der Waals surface area contributed by atoms with Crippen molar-refractivity contribution >= 4 is 17.4 Å². The molecule has 0 aliphatic carbocycles. The van der Waals surface area contributed by atoms with Gasteiger partial charge in [0, 0.05) is 0 Å². The molecule has 0 fully saturated rings. The summed E-state index contributed by atoms with van der Waals surface area (Å²) in [6.07, 6.45) is 0. The molecule has 2 heteroatoms. The highest BCUT2D eigenvalue weighted by atomic mass is 14.9. The monoisotopic (exact) mass is 214 g/mol. The van der Waals surface area contributed by atoms with Crippen LogP contribution in [0.15, 0.2) is 16.1 Å². The molecule has 3 rings (SSSR count). The largest absolute Gasteiger partial charge is 0.187 e. The third-order valence-electron chi connectivity index (χ3n) is 3.03. The highest BCUT2D eigenvalue weighted by Crippen LogP contribution is 2.43. The summed E-state index contributed by atoms with van der Waals surface area (Å²) < 4.78 is 0. The van der Waals surface area contributed by atoms with Crippen LogP contribution in [0.5, 0.6) is 0 Å². The van der Waals surface area contributed by atoms with Crippen molar-refractivity contribution in [3.05, 3.63) is 22.8 Å². The number of benzene rings is 1. The smallest absolute Gasteiger partial charge is 0.101 e. The van der Waals surface area contributed by atoms with E-state index in [1.807, 2.05) is 0 Å². The van der Waals surface area contributed by atoms with Crippen molar-refractivity contribution in [3.8, 4) is 0 Å². The lowest BCUT2D eigenvalue weighted by Crippen LogP contribution is -2.00. The third-order valence-corrected chi connectivity index (χ3v) is 3.03. The second-order valence-corrected chi connectivity index (χ2v) is 5.02. The standard InChI is InChI=1S/C14H18N2/c1-8(2)12-11-6-10(5)14(16-7-15-11)13(12)9(3)4/h6,8-9H,1-5H3. The van der Waals surface area contributed by atoms with Gasteiger partial charge in [0.05, 0.1) is 11.4 Å². The molecule has 0 unspecified atom stereocenters. The first-order chi connectivity index (χ1) is 7.52. The molecule has 84 valence electrons. The zero-order valence-corrected chi connectivity index (χ0v) is 10.6. The lowest BCUT2D eigenvalue weighted by atomic mass is 9.86. The number of rotatable bonds is 2. The third kappa shape index (κ3) is 1.60. The lowest BCUT2D eigenvalue weighted by molar-refractivity contribution is 0.791. The average Bonchev–Trinajstić information content (AvgIpc) is 2.46. The van der Waals surface area contributed by atoms with Crippen molar-refractivity contribution in [1.29, 1.82) is 0 Å². The van der Waals surface area contributed by atoms with Crippen molar-refractivity contribution in [2.45, 2.75) is 46.5 Å². The molecule has 2 bridgehead atoms. The van der Waals surface area contributed by atoms with Gasteiger partial charge in [-0.3, -0.25) is 0 Å². The molecule has 0 saturated heterocycles. The summed E-state index contributed by atoms with van der Waals surface area (Å²) in [5.41, 5.74) is 6.00. The Morgan fingerprint density at radius 2 is 1.62 bits per heavy atom. The Morgan fingerprint density at radius 1 is 1.00 bits per heavy atom. The van der Waals surface area contributed by atoms with E-state index in [-0.39, 0.29) is 0 Å². The molecule has 2 aliphatic heterocycles. The second-order valence-electron chi connectivity index (χ2n) is 5.02. The molecular weight excluding hydrogens is 196 g/mol. The predicted octanol–water partition coefficient (Wildman–Crippen LogP) is 4.69. The zero-order valence-electron chi connectivity index (χ0n) is 10.6. The van der Waals surface area contributed by atoms with E-state index in [4.69, 9.17) is 0 Å². The first-order valence-corrected chi connectivity index (χ1v) is 5.86. The van der Waals surface area contributed by atoms with Crippen LogP contribution in [-0.2, 0) is 0 Å². The van der Waals surface area contributed by atoms with Gasteiger partial charge in [-0.15, -0.1) is 0 Å². The normalized spacial score (nSPS) is 12.9. The molecule has 0 atom stereocenters. The van der Waals surface area contributed by atoms with Gasteiger partial charge in [-0.2, -0.15) is 9.98 Å². The summed E-state index contributed by atoms with van der Waals surface area (Å²) in [5.74, 6) is 0.954. The van der Waals surface area contributed by atoms with E-state index in [1.54, 1.807) is 0 Å². The van der Waals surface area contributed by atoms with E-state index in [0.717, 1.165) is 11.4 Å². The fourth-order valence-electron chi connectivity index (χ4n) is 2.39. The fraction of sp³-hybridized carbons (Fsp3) is 0.500. The molecule has 0 radical (unpaired) electrons. The number of fused-ring (bicyclic) bond motifs is 2. The van der Waals surface area contributed by atoms with Gasteiger partial charge in [0.2, 0.25) is 0 Å². The molecule has 2 aliphatic rings. The minimum atomic E-state index is 0.477. The Morgan fingerprint density at radius 3 is 2.19 bits per heavy atom. The van der Waals surface area contributed by atoms with Crippen molar-refractivity contribution in [3.63, 3.8) is 0 Å². The Labute approximate surface area is 97.1 Å². The van der Waals surface area contributed by atoms with Crippen LogP contribution in [0, 0.1) is 6.92 Å². The minimum absolute atomic E-state index is 0.477. The second kappa shape index (κ2) is 3.88. The van der Waals surface area contributed by atoms with Gasteiger partial charge >= 0.3 is 0 Å². The van der Waals surface area contributed by atoms with Gasteiger partial charge in [-0.1, -0.05) is 27.7 Å². The molecule has 0 N–H and O–H groups in total. The summed E-state index contributed by atoms with van der Waals surface area (Å²) in [7, 11) is 0. The predicted molar refractivity (Wildman–Crippen MR) is 68.5 cm³/mol.